The Kier molecular flexibility index (Phi) is 4.22. The van der Waals surface area contributed by atoms with Crippen LogP contribution in [-0.4, -0.2) is 12.0 Å². The molecule has 2 heterocycles. The lowest BCUT2D eigenvalue weighted by atomic mass is 10.1. The number of pyridine rings is 1. The summed E-state index contributed by atoms with van der Waals surface area (Å²) in [5.41, 5.74) is 1.95. The molecule has 0 aliphatic heterocycles. The predicted molar refractivity (Wildman–Crippen MR) is 85.2 cm³/mol. The number of aromatic nitrogens is 1. The van der Waals surface area contributed by atoms with Gasteiger partial charge in [-0.1, -0.05) is 18.2 Å². The van der Waals surface area contributed by atoms with Crippen molar-refractivity contribution in [3.05, 3.63) is 58.5 Å². The second-order valence-electron chi connectivity index (χ2n) is 4.66. The highest BCUT2D eigenvalue weighted by Crippen LogP contribution is 2.27. The molecule has 4 nitrogen and oxygen atoms in total. The van der Waals surface area contributed by atoms with Gasteiger partial charge in [-0.2, -0.15) is 0 Å². The van der Waals surface area contributed by atoms with Gasteiger partial charge in [0.15, 0.2) is 0 Å². The molecule has 0 amide bonds. The van der Waals surface area contributed by atoms with Crippen LogP contribution < -0.4 is 10.1 Å². The number of furan rings is 1. The van der Waals surface area contributed by atoms with E-state index in [4.69, 9.17) is 9.15 Å². The molecular weight excluding hydrogens is 332 g/mol. The molecular formula is C16H15BrN2O2. The maximum atomic E-state index is 5.88. The van der Waals surface area contributed by atoms with Crippen LogP contribution in [0.15, 0.2) is 51.6 Å². The fourth-order valence-electron chi connectivity index (χ4n) is 2.24. The molecule has 0 aliphatic rings. The van der Waals surface area contributed by atoms with Gasteiger partial charge in [0.25, 0.3) is 0 Å². The summed E-state index contributed by atoms with van der Waals surface area (Å²) in [6, 6.07) is 9.89. The highest BCUT2D eigenvalue weighted by molar-refractivity contribution is 9.10. The molecule has 108 valence electrons. The fourth-order valence-corrected chi connectivity index (χ4v) is 2.58. The Morgan fingerprint density at radius 2 is 2.14 bits per heavy atom. The van der Waals surface area contributed by atoms with E-state index in [1.54, 1.807) is 12.4 Å². The minimum absolute atomic E-state index is 0.451. The highest BCUT2D eigenvalue weighted by Gasteiger charge is 2.14. The van der Waals surface area contributed by atoms with Crippen LogP contribution in [-0.2, 0) is 13.2 Å². The van der Waals surface area contributed by atoms with Crippen LogP contribution in [0.5, 0.6) is 5.75 Å². The summed E-state index contributed by atoms with van der Waals surface area (Å²) in [5.74, 6) is 1.63. The van der Waals surface area contributed by atoms with Crippen molar-refractivity contribution < 1.29 is 9.15 Å². The van der Waals surface area contributed by atoms with E-state index in [0.717, 1.165) is 32.5 Å². The molecule has 0 saturated heterocycles. The lowest BCUT2D eigenvalue weighted by Crippen LogP contribution is -2.07. The summed E-state index contributed by atoms with van der Waals surface area (Å²) in [6.45, 7) is 1.12. The quantitative estimate of drug-likeness (QED) is 0.761. The first-order chi connectivity index (χ1) is 10.3. The average Bonchev–Trinajstić information content (AvgIpc) is 2.83. The molecule has 21 heavy (non-hydrogen) atoms. The van der Waals surface area contributed by atoms with Gasteiger partial charge in [0.2, 0.25) is 0 Å². The molecule has 0 aliphatic carbocycles. The molecule has 5 heteroatoms. The van der Waals surface area contributed by atoms with E-state index in [2.05, 4.69) is 32.3 Å². The summed E-state index contributed by atoms with van der Waals surface area (Å²) in [5, 5.41) is 4.21. The second kappa shape index (κ2) is 6.28. The molecule has 0 saturated carbocycles. The Morgan fingerprint density at radius 3 is 2.95 bits per heavy atom. The Balaban J connectivity index is 1.89. The number of para-hydroxylation sites is 1. The van der Waals surface area contributed by atoms with Crippen LogP contribution in [0, 0.1) is 0 Å². The van der Waals surface area contributed by atoms with E-state index in [-0.39, 0.29) is 0 Å². The second-order valence-corrected chi connectivity index (χ2v) is 5.57. The van der Waals surface area contributed by atoms with Crippen LogP contribution in [0.3, 0.4) is 0 Å². The number of rotatable bonds is 5. The highest BCUT2D eigenvalue weighted by atomic mass is 79.9. The third-order valence-corrected chi connectivity index (χ3v) is 3.62. The van der Waals surface area contributed by atoms with Crippen molar-refractivity contribution in [2.45, 2.75) is 13.2 Å². The molecule has 3 rings (SSSR count). The van der Waals surface area contributed by atoms with Gasteiger partial charge < -0.3 is 14.5 Å². The summed E-state index contributed by atoms with van der Waals surface area (Å²) in [4.78, 5) is 4.10. The van der Waals surface area contributed by atoms with Crippen molar-refractivity contribution in [2.24, 2.45) is 0 Å². The molecule has 1 aromatic carbocycles. The van der Waals surface area contributed by atoms with Gasteiger partial charge in [-0.15, -0.1) is 0 Å². The standard InChI is InChI=1S/C16H15BrN2O2/c1-18-9-16-14(13-4-2-3-5-15(13)21-16)10-20-12-6-11(17)7-19-8-12/h2-8,18H,9-10H2,1H3. The minimum Gasteiger partial charge on any atom is -0.487 e. The number of halogens is 1. The van der Waals surface area contributed by atoms with Gasteiger partial charge in [0.1, 0.15) is 23.7 Å². The van der Waals surface area contributed by atoms with Gasteiger partial charge in [0, 0.05) is 21.6 Å². The lowest BCUT2D eigenvalue weighted by Gasteiger charge is -2.07. The smallest absolute Gasteiger partial charge is 0.139 e. The minimum atomic E-state index is 0.451. The largest absolute Gasteiger partial charge is 0.487 e. The zero-order valence-corrected chi connectivity index (χ0v) is 13.2. The van der Waals surface area contributed by atoms with E-state index >= 15 is 0 Å². The fraction of sp³-hybridized carbons (Fsp3) is 0.188. The first-order valence-corrected chi connectivity index (χ1v) is 7.44. The molecule has 0 bridgehead atoms. The topological polar surface area (TPSA) is 47.3 Å². The molecule has 0 atom stereocenters. The van der Waals surface area contributed by atoms with Crippen LogP contribution in [0.2, 0.25) is 0 Å². The SMILES string of the molecule is CNCc1oc2ccccc2c1COc1cncc(Br)c1. The third-order valence-electron chi connectivity index (χ3n) is 3.18. The molecule has 0 spiro atoms. The van der Waals surface area contributed by atoms with Gasteiger partial charge in [-0.05, 0) is 35.1 Å². The number of nitrogens with one attached hydrogen (secondary N) is 1. The Hall–Kier alpha value is -1.85. The first kappa shape index (κ1) is 14.1. The molecule has 0 unspecified atom stereocenters. The molecule has 0 radical (unpaired) electrons. The molecule has 3 aromatic rings. The summed E-state index contributed by atoms with van der Waals surface area (Å²) in [6.07, 6.45) is 3.43. The molecule has 2 aromatic heterocycles. The Bertz CT molecular complexity index is 755. The van der Waals surface area contributed by atoms with Gasteiger partial charge >= 0.3 is 0 Å². The van der Waals surface area contributed by atoms with E-state index in [9.17, 15) is 0 Å². The van der Waals surface area contributed by atoms with Gasteiger partial charge in [-0.25, -0.2) is 0 Å². The van der Waals surface area contributed by atoms with Crippen molar-refractivity contribution in [1.82, 2.24) is 10.3 Å². The van der Waals surface area contributed by atoms with Crippen LogP contribution >= 0.6 is 15.9 Å². The number of fused-ring (bicyclic) bond motifs is 1. The number of benzene rings is 1. The monoisotopic (exact) mass is 346 g/mol. The molecule has 0 fully saturated rings. The zero-order chi connectivity index (χ0) is 14.7. The van der Waals surface area contributed by atoms with Crippen LogP contribution in [0.1, 0.15) is 11.3 Å². The van der Waals surface area contributed by atoms with Crippen molar-refractivity contribution in [2.75, 3.05) is 7.05 Å². The van der Waals surface area contributed by atoms with Crippen molar-refractivity contribution in [1.29, 1.82) is 0 Å². The maximum Gasteiger partial charge on any atom is 0.139 e. The Labute approximate surface area is 131 Å². The Morgan fingerprint density at radius 1 is 1.29 bits per heavy atom. The maximum absolute atomic E-state index is 5.88. The van der Waals surface area contributed by atoms with Crippen LogP contribution in [0.25, 0.3) is 11.0 Å². The van der Waals surface area contributed by atoms with Gasteiger partial charge in [0.05, 0.1) is 12.7 Å². The number of hydrogen-bond donors (Lipinski definition) is 1. The number of ether oxygens (including phenoxy) is 1. The zero-order valence-electron chi connectivity index (χ0n) is 11.6. The summed E-state index contributed by atoms with van der Waals surface area (Å²) >= 11 is 3.39. The third kappa shape index (κ3) is 3.09. The van der Waals surface area contributed by atoms with E-state index in [1.807, 2.05) is 31.3 Å². The van der Waals surface area contributed by atoms with Crippen molar-refractivity contribution >= 4 is 26.9 Å². The normalized spacial score (nSPS) is 11.0. The van der Waals surface area contributed by atoms with Crippen molar-refractivity contribution in [3.8, 4) is 5.75 Å². The lowest BCUT2D eigenvalue weighted by molar-refractivity contribution is 0.301. The average molecular weight is 347 g/mol. The number of hydrogen-bond acceptors (Lipinski definition) is 4. The molecule has 1 N–H and O–H groups in total. The first-order valence-electron chi connectivity index (χ1n) is 6.65. The van der Waals surface area contributed by atoms with E-state index < -0.39 is 0 Å². The van der Waals surface area contributed by atoms with E-state index in [0.29, 0.717) is 13.2 Å². The van der Waals surface area contributed by atoms with Gasteiger partial charge in [-0.3, -0.25) is 4.98 Å². The van der Waals surface area contributed by atoms with E-state index in [1.165, 1.54) is 0 Å². The van der Waals surface area contributed by atoms with Crippen molar-refractivity contribution in [3.63, 3.8) is 0 Å². The predicted octanol–water partition coefficient (Wildman–Crippen LogP) is 3.89. The summed E-state index contributed by atoms with van der Waals surface area (Å²) in [7, 11) is 1.90. The number of nitrogens with zero attached hydrogens (tertiary/aromatic N) is 1. The summed E-state index contributed by atoms with van der Waals surface area (Å²) < 4.78 is 12.6. The van der Waals surface area contributed by atoms with Crippen LogP contribution in [0.4, 0.5) is 0 Å².